The average molecular weight is 108 g/mol. The van der Waals surface area contributed by atoms with Crippen LogP contribution >= 0.6 is 0 Å². The van der Waals surface area contributed by atoms with E-state index in [0.717, 1.165) is 5.41 Å². The third-order valence-electron chi connectivity index (χ3n) is 3.75. The molecule has 0 heterocycles. The summed E-state index contributed by atoms with van der Waals surface area (Å²) in [6.45, 7) is 2.34. The van der Waals surface area contributed by atoms with Crippen molar-refractivity contribution in [1.82, 2.24) is 0 Å². The van der Waals surface area contributed by atoms with Gasteiger partial charge < -0.3 is 0 Å². The van der Waals surface area contributed by atoms with Crippen LogP contribution in [0.15, 0.2) is 0 Å². The van der Waals surface area contributed by atoms with Gasteiger partial charge in [-0.2, -0.15) is 0 Å². The van der Waals surface area contributed by atoms with Crippen LogP contribution in [0.3, 0.4) is 0 Å². The van der Waals surface area contributed by atoms with E-state index < -0.39 is 0 Å². The zero-order valence-electron chi connectivity index (χ0n) is 5.35. The number of rotatable bonds is 1. The Bertz CT molecular complexity index is 140. The highest BCUT2D eigenvalue weighted by atomic mass is 14.9. The predicted molar refractivity (Wildman–Crippen MR) is 32.4 cm³/mol. The lowest BCUT2D eigenvalue weighted by Gasteiger charge is -1.95. The third-order valence-corrected chi connectivity index (χ3v) is 3.75. The first-order valence-electron chi connectivity index (χ1n) is 3.89. The fourth-order valence-electron chi connectivity index (χ4n) is 2.90. The Labute approximate surface area is 50.3 Å². The summed E-state index contributed by atoms with van der Waals surface area (Å²) in [6, 6.07) is 0. The van der Waals surface area contributed by atoms with Crippen LogP contribution in [0.1, 0.15) is 26.2 Å². The molecule has 0 aromatic rings. The fourth-order valence-corrected chi connectivity index (χ4v) is 2.90. The lowest BCUT2D eigenvalue weighted by molar-refractivity contribution is 0.530. The van der Waals surface area contributed by atoms with E-state index in [1.807, 2.05) is 0 Å². The van der Waals surface area contributed by atoms with Gasteiger partial charge in [0.05, 0.1) is 0 Å². The molecule has 0 amide bonds. The Morgan fingerprint density at radius 2 is 2.25 bits per heavy atom. The van der Waals surface area contributed by atoms with Crippen LogP contribution in [0.5, 0.6) is 0 Å². The summed E-state index contributed by atoms with van der Waals surface area (Å²) < 4.78 is 0. The summed E-state index contributed by atoms with van der Waals surface area (Å²) in [5.74, 6) is 3.70. The Kier molecular flexibility index (Phi) is 0.381. The molecule has 3 unspecified atom stereocenters. The molecule has 0 saturated heterocycles. The first-order valence-corrected chi connectivity index (χ1v) is 3.89. The van der Waals surface area contributed by atoms with Crippen LogP contribution in [0.25, 0.3) is 0 Å². The molecular weight excluding hydrogens is 96.1 g/mol. The van der Waals surface area contributed by atoms with Gasteiger partial charge in [-0.3, -0.25) is 0 Å². The minimum absolute atomic E-state index is 1.02. The summed E-state index contributed by atoms with van der Waals surface area (Å²) in [4.78, 5) is 0. The van der Waals surface area contributed by atoms with Gasteiger partial charge in [-0.25, -0.2) is 0 Å². The van der Waals surface area contributed by atoms with Crippen molar-refractivity contribution >= 4 is 0 Å². The lowest BCUT2D eigenvalue weighted by atomic mass is 10.1. The second-order valence-electron chi connectivity index (χ2n) is 3.87. The van der Waals surface area contributed by atoms with Crippen LogP contribution in [0.4, 0.5) is 0 Å². The fraction of sp³-hybridized carbons (Fsp3) is 1.00. The van der Waals surface area contributed by atoms with E-state index in [1.54, 1.807) is 12.8 Å². The minimum atomic E-state index is 1.02. The highest BCUT2D eigenvalue weighted by molar-refractivity contribution is 5.33. The normalized spacial score (nSPS) is 72.4. The van der Waals surface area contributed by atoms with Crippen LogP contribution in [-0.2, 0) is 0 Å². The van der Waals surface area contributed by atoms with Gasteiger partial charge in [-0.05, 0) is 36.0 Å². The third kappa shape index (κ3) is 0.206. The van der Waals surface area contributed by atoms with Gasteiger partial charge >= 0.3 is 0 Å². The molecule has 3 aliphatic carbocycles. The van der Waals surface area contributed by atoms with Crippen LogP contribution in [0, 0.1) is 23.2 Å². The van der Waals surface area contributed by atoms with Gasteiger partial charge in [0.1, 0.15) is 0 Å². The summed E-state index contributed by atoms with van der Waals surface area (Å²) in [7, 11) is 0. The molecule has 0 nitrogen and oxygen atoms in total. The molecule has 3 fully saturated rings. The van der Waals surface area contributed by atoms with E-state index in [9.17, 15) is 0 Å². The molecule has 0 bridgehead atoms. The molecule has 3 rings (SSSR count). The summed E-state index contributed by atoms with van der Waals surface area (Å²) in [5.41, 5.74) is 1.02. The van der Waals surface area contributed by atoms with Gasteiger partial charge in [0.15, 0.2) is 0 Å². The minimum Gasteiger partial charge on any atom is -0.0651 e. The van der Waals surface area contributed by atoms with Gasteiger partial charge in [0, 0.05) is 0 Å². The van der Waals surface area contributed by atoms with Crippen molar-refractivity contribution in [3.63, 3.8) is 0 Å². The number of fused-ring (bicyclic) bond motifs is 3. The van der Waals surface area contributed by atoms with Crippen LogP contribution in [0.2, 0.25) is 0 Å². The van der Waals surface area contributed by atoms with Crippen LogP contribution in [-0.4, -0.2) is 0 Å². The SMILES string of the molecule is CCC1CC12C1CC12. The predicted octanol–water partition coefficient (Wildman–Crippen LogP) is 2.05. The first kappa shape index (κ1) is 3.92. The van der Waals surface area contributed by atoms with Crippen molar-refractivity contribution in [1.29, 1.82) is 0 Å². The van der Waals surface area contributed by atoms with E-state index in [2.05, 4.69) is 6.92 Å². The zero-order chi connectivity index (χ0) is 5.35. The standard InChI is InChI=1S/C8H12/c1-2-5-4-8(5)6-3-7(6)8/h5-7H,2-4H2,1H3. The highest BCUT2D eigenvalue weighted by Crippen LogP contribution is 2.91. The lowest BCUT2D eigenvalue weighted by Crippen LogP contribution is -1.89. The molecule has 1 spiro atoms. The van der Waals surface area contributed by atoms with Crippen molar-refractivity contribution in [3.05, 3.63) is 0 Å². The molecule has 0 aliphatic heterocycles. The second-order valence-corrected chi connectivity index (χ2v) is 3.87. The molecule has 3 aliphatic rings. The van der Waals surface area contributed by atoms with Gasteiger partial charge in [0.2, 0.25) is 0 Å². The van der Waals surface area contributed by atoms with Crippen molar-refractivity contribution in [2.24, 2.45) is 23.2 Å². The van der Waals surface area contributed by atoms with E-state index >= 15 is 0 Å². The van der Waals surface area contributed by atoms with Crippen molar-refractivity contribution in [2.45, 2.75) is 26.2 Å². The second kappa shape index (κ2) is 0.778. The topological polar surface area (TPSA) is 0 Å². The van der Waals surface area contributed by atoms with Gasteiger partial charge in [-0.15, -0.1) is 0 Å². The van der Waals surface area contributed by atoms with E-state index in [0.29, 0.717) is 0 Å². The molecule has 0 heteroatoms. The van der Waals surface area contributed by atoms with Gasteiger partial charge in [0.25, 0.3) is 0 Å². The smallest absolute Gasteiger partial charge is 0.0204 e. The van der Waals surface area contributed by atoms with E-state index in [-0.39, 0.29) is 0 Å². The number of hydrogen-bond acceptors (Lipinski definition) is 0. The molecular formula is C8H12. The summed E-state index contributed by atoms with van der Waals surface area (Å²) >= 11 is 0. The first-order chi connectivity index (χ1) is 3.89. The van der Waals surface area contributed by atoms with Crippen molar-refractivity contribution < 1.29 is 0 Å². The summed E-state index contributed by atoms with van der Waals surface area (Å²) in [6.07, 6.45) is 4.68. The molecule has 3 atom stereocenters. The quantitative estimate of drug-likeness (QED) is 0.482. The molecule has 0 aromatic carbocycles. The Hall–Kier alpha value is 0. The molecule has 3 saturated carbocycles. The molecule has 8 heavy (non-hydrogen) atoms. The molecule has 44 valence electrons. The maximum Gasteiger partial charge on any atom is -0.0204 e. The summed E-state index contributed by atoms with van der Waals surface area (Å²) in [5, 5.41) is 0. The maximum absolute atomic E-state index is 2.34. The van der Waals surface area contributed by atoms with Crippen molar-refractivity contribution in [3.8, 4) is 0 Å². The molecule has 0 N–H and O–H groups in total. The zero-order valence-corrected chi connectivity index (χ0v) is 5.35. The Balaban J connectivity index is 1.81. The average Bonchev–Trinajstić information content (AvgIpc) is 2.63. The Morgan fingerprint density at radius 3 is 2.38 bits per heavy atom. The molecule has 0 aromatic heterocycles. The highest BCUT2D eigenvalue weighted by Gasteiger charge is 2.85. The van der Waals surface area contributed by atoms with E-state index in [1.165, 1.54) is 24.2 Å². The largest absolute Gasteiger partial charge is 0.0651 e. The monoisotopic (exact) mass is 108 g/mol. The maximum atomic E-state index is 2.34. The van der Waals surface area contributed by atoms with Gasteiger partial charge in [-0.1, -0.05) is 13.3 Å². The Morgan fingerprint density at radius 1 is 1.50 bits per heavy atom. The number of hydrogen-bond donors (Lipinski definition) is 0. The van der Waals surface area contributed by atoms with Crippen LogP contribution < -0.4 is 0 Å². The van der Waals surface area contributed by atoms with E-state index in [4.69, 9.17) is 0 Å². The van der Waals surface area contributed by atoms with Crippen molar-refractivity contribution in [2.75, 3.05) is 0 Å². The molecule has 0 radical (unpaired) electrons.